The second kappa shape index (κ2) is 6.61. The van der Waals surface area contributed by atoms with Crippen LogP contribution in [0.15, 0.2) is 24.3 Å². The molecule has 0 aliphatic carbocycles. The largest absolute Gasteiger partial charge is 0.285 e. The predicted molar refractivity (Wildman–Crippen MR) is 77.4 cm³/mol. The zero-order chi connectivity index (χ0) is 12.8. The summed E-state index contributed by atoms with van der Waals surface area (Å²) in [7, 11) is 0. The summed E-state index contributed by atoms with van der Waals surface area (Å²) in [6, 6.07) is 9.41. The molecule has 1 aromatic carbocycles. The number of benzene rings is 1. The molecule has 1 nitrogen and oxygen atoms in total. The maximum absolute atomic E-state index is 5.50. The van der Waals surface area contributed by atoms with E-state index in [0.717, 1.165) is 19.5 Å². The molecule has 96 valence electrons. The lowest BCUT2D eigenvalue weighted by Gasteiger charge is -2.36. The van der Waals surface area contributed by atoms with Crippen molar-refractivity contribution >= 4 is 0 Å². The zero-order valence-corrected chi connectivity index (χ0v) is 11.4. The summed E-state index contributed by atoms with van der Waals surface area (Å²) in [5.41, 5.74) is 3.03. The van der Waals surface area contributed by atoms with Crippen LogP contribution >= 0.6 is 0 Å². The van der Waals surface area contributed by atoms with Crippen molar-refractivity contribution in [3.8, 4) is 12.3 Å². The van der Waals surface area contributed by atoms with E-state index >= 15 is 0 Å². The van der Waals surface area contributed by atoms with Gasteiger partial charge < -0.3 is 0 Å². The molecule has 1 atom stereocenters. The van der Waals surface area contributed by atoms with E-state index in [1.54, 1.807) is 0 Å². The van der Waals surface area contributed by atoms with Crippen LogP contribution in [-0.2, 0) is 6.42 Å². The summed E-state index contributed by atoms with van der Waals surface area (Å²) in [4.78, 5) is 2.47. The van der Waals surface area contributed by atoms with Crippen LogP contribution in [0.25, 0.3) is 0 Å². The Kier molecular flexibility index (Phi) is 4.84. The van der Waals surface area contributed by atoms with Gasteiger partial charge in [-0.2, -0.15) is 0 Å². The minimum Gasteiger partial charge on any atom is -0.285 e. The second-order valence-corrected chi connectivity index (χ2v) is 5.13. The van der Waals surface area contributed by atoms with Crippen molar-refractivity contribution in [2.45, 2.75) is 45.1 Å². The minimum atomic E-state index is 0.539. The molecule has 0 amide bonds. The summed E-state index contributed by atoms with van der Waals surface area (Å²) >= 11 is 0. The van der Waals surface area contributed by atoms with Crippen molar-refractivity contribution < 1.29 is 0 Å². The standard InChI is InChI=1S/C17H23N/c1-3-5-6-11-17-16-10-8-7-9-15(16)12-14-18(17)13-4-2/h2,7-10,17H,3,5-6,11-14H2,1H3. The van der Waals surface area contributed by atoms with Crippen LogP contribution in [0, 0.1) is 12.3 Å². The Labute approximate surface area is 111 Å². The van der Waals surface area contributed by atoms with Crippen LogP contribution in [-0.4, -0.2) is 18.0 Å². The zero-order valence-electron chi connectivity index (χ0n) is 11.4. The first kappa shape index (κ1) is 13.2. The molecule has 1 heteroatoms. The molecule has 1 aliphatic rings. The molecule has 0 spiro atoms. The Morgan fingerprint density at radius 2 is 2.17 bits per heavy atom. The van der Waals surface area contributed by atoms with Gasteiger partial charge in [0.2, 0.25) is 0 Å². The van der Waals surface area contributed by atoms with Crippen molar-refractivity contribution in [3.05, 3.63) is 35.4 Å². The van der Waals surface area contributed by atoms with E-state index in [1.165, 1.54) is 36.8 Å². The highest BCUT2D eigenvalue weighted by Crippen LogP contribution is 2.33. The average molecular weight is 241 g/mol. The number of hydrogen-bond donors (Lipinski definition) is 0. The Bertz CT molecular complexity index is 416. The van der Waals surface area contributed by atoms with Gasteiger partial charge in [0.05, 0.1) is 6.54 Å². The van der Waals surface area contributed by atoms with Crippen LogP contribution in [0.3, 0.4) is 0 Å². The molecule has 0 radical (unpaired) electrons. The Hall–Kier alpha value is -1.26. The van der Waals surface area contributed by atoms with E-state index in [0.29, 0.717) is 6.04 Å². The number of hydrogen-bond acceptors (Lipinski definition) is 1. The molecule has 0 aromatic heterocycles. The molecule has 1 aliphatic heterocycles. The molecule has 2 rings (SSSR count). The molecular formula is C17H23N. The monoisotopic (exact) mass is 241 g/mol. The summed E-state index contributed by atoms with van der Waals surface area (Å²) in [5, 5.41) is 0. The molecule has 1 heterocycles. The van der Waals surface area contributed by atoms with Crippen LogP contribution in [0.4, 0.5) is 0 Å². The number of fused-ring (bicyclic) bond motifs is 1. The first-order valence-electron chi connectivity index (χ1n) is 7.12. The number of rotatable bonds is 5. The summed E-state index contributed by atoms with van der Waals surface area (Å²) in [6.07, 6.45) is 11.8. The smallest absolute Gasteiger partial charge is 0.0604 e. The van der Waals surface area contributed by atoms with Crippen molar-refractivity contribution in [2.24, 2.45) is 0 Å². The Morgan fingerprint density at radius 1 is 1.33 bits per heavy atom. The summed E-state index contributed by atoms with van der Waals surface area (Å²) in [5.74, 6) is 2.81. The fourth-order valence-electron chi connectivity index (χ4n) is 2.94. The number of terminal acetylenes is 1. The maximum atomic E-state index is 5.50. The highest BCUT2D eigenvalue weighted by molar-refractivity contribution is 5.32. The topological polar surface area (TPSA) is 3.24 Å². The highest BCUT2D eigenvalue weighted by Gasteiger charge is 2.25. The molecule has 1 aromatic rings. The van der Waals surface area contributed by atoms with Gasteiger partial charge >= 0.3 is 0 Å². The summed E-state index contributed by atoms with van der Waals surface area (Å²) in [6.45, 7) is 4.15. The molecular weight excluding hydrogens is 218 g/mol. The van der Waals surface area contributed by atoms with Gasteiger partial charge in [-0.25, -0.2) is 0 Å². The third kappa shape index (κ3) is 2.94. The third-order valence-electron chi connectivity index (χ3n) is 3.90. The fraction of sp³-hybridized carbons (Fsp3) is 0.529. The molecule has 1 unspecified atom stereocenters. The van der Waals surface area contributed by atoms with Gasteiger partial charge in [-0.05, 0) is 24.0 Å². The predicted octanol–water partition coefficient (Wildman–Crippen LogP) is 3.80. The van der Waals surface area contributed by atoms with E-state index in [1.807, 2.05) is 0 Å². The van der Waals surface area contributed by atoms with Crippen molar-refractivity contribution in [2.75, 3.05) is 13.1 Å². The first-order valence-corrected chi connectivity index (χ1v) is 7.12. The Balaban J connectivity index is 2.15. The van der Waals surface area contributed by atoms with Crippen molar-refractivity contribution in [3.63, 3.8) is 0 Å². The van der Waals surface area contributed by atoms with Crippen LogP contribution in [0.2, 0.25) is 0 Å². The summed E-state index contributed by atoms with van der Waals surface area (Å²) < 4.78 is 0. The Morgan fingerprint density at radius 3 is 2.94 bits per heavy atom. The minimum absolute atomic E-state index is 0.539. The maximum Gasteiger partial charge on any atom is 0.0604 e. The molecule has 0 fully saturated rings. The first-order chi connectivity index (χ1) is 8.86. The van der Waals surface area contributed by atoms with Crippen molar-refractivity contribution in [1.82, 2.24) is 4.90 Å². The average Bonchev–Trinajstić information content (AvgIpc) is 2.41. The molecule has 0 N–H and O–H groups in total. The number of nitrogens with zero attached hydrogens (tertiary/aromatic N) is 1. The lowest BCUT2D eigenvalue weighted by atomic mass is 9.89. The second-order valence-electron chi connectivity index (χ2n) is 5.13. The van der Waals surface area contributed by atoms with Crippen LogP contribution < -0.4 is 0 Å². The lowest BCUT2D eigenvalue weighted by Crippen LogP contribution is -2.35. The lowest BCUT2D eigenvalue weighted by molar-refractivity contribution is 0.195. The fourth-order valence-corrected chi connectivity index (χ4v) is 2.94. The molecule has 0 bridgehead atoms. The van der Waals surface area contributed by atoms with E-state index in [-0.39, 0.29) is 0 Å². The normalized spacial score (nSPS) is 19.2. The van der Waals surface area contributed by atoms with Gasteiger partial charge in [-0.3, -0.25) is 4.90 Å². The quantitative estimate of drug-likeness (QED) is 0.560. The van der Waals surface area contributed by atoms with Gasteiger partial charge in [0.15, 0.2) is 0 Å². The van der Waals surface area contributed by atoms with Gasteiger partial charge in [0.1, 0.15) is 0 Å². The van der Waals surface area contributed by atoms with Gasteiger partial charge in [-0.15, -0.1) is 6.42 Å². The van der Waals surface area contributed by atoms with E-state index < -0.39 is 0 Å². The molecule has 18 heavy (non-hydrogen) atoms. The van der Waals surface area contributed by atoms with Gasteiger partial charge in [0, 0.05) is 12.6 Å². The molecule has 0 saturated heterocycles. The number of unbranched alkanes of at least 4 members (excludes halogenated alkanes) is 2. The van der Waals surface area contributed by atoms with E-state index in [9.17, 15) is 0 Å². The van der Waals surface area contributed by atoms with Crippen molar-refractivity contribution in [1.29, 1.82) is 0 Å². The van der Waals surface area contributed by atoms with Gasteiger partial charge in [-0.1, -0.05) is 56.4 Å². The molecule has 0 saturated carbocycles. The SMILES string of the molecule is C#CCN1CCc2ccccc2C1CCCCC. The van der Waals surface area contributed by atoms with Crippen LogP contribution in [0.5, 0.6) is 0 Å². The third-order valence-corrected chi connectivity index (χ3v) is 3.90. The van der Waals surface area contributed by atoms with Crippen LogP contribution in [0.1, 0.15) is 49.8 Å². The van der Waals surface area contributed by atoms with E-state index in [4.69, 9.17) is 6.42 Å². The van der Waals surface area contributed by atoms with Gasteiger partial charge in [0.25, 0.3) is 0 Å². The van der Waals surface area contributed by atoms with E-state index in [2.05, 4.69) is 42.0 Å². The highest BCUT2D eigenvalue weighted by atomic mass is 15.2.